The molecule has 146 valence electrons. The fourth-order valence-corrected chi connectivity index (χ4v) is 2.72. The van der Waals surface area contributed by atoms with E-state index in [1.54, 1.807) is 11.6 Å². The van der Waals surface area contributed by atoms with Crippen LogP contribution in [0.25, 0.3) is 0 Å². The van der Waals surface area contributed by atoms with Crippen LogP contribution < -0.4 is 14.2 Å². The van der Waals surface area contributed by atoms with Crippen molar-refractivity contribution in [1.29, 1.82) is 0 Å². The Bertz CT molecular complexity index is 980. The number of benzene rings is 1. The van der Waals surface area contributed by atoms with Crippen molar-refractivity contribution in [3.05, 3.63) is 46.4 Å². The van der Waals surface area contributed by atoms with Crippen LogP contribution in [0.15, 0.2) is 24.4 Å². The highest BCUT2D eigenvalue weighted by Gasteiger charge is 2.18. The highest BCUT2D eigenvalue weighted by molar-refractivity contribution is 7.89. The standard InChI is InChI=1S/C17H18ClFN2O5S/c1-9(2)25-17-13(18)6-11(8-20-17)26-15-7-14(19)12(5-10(15)3)16(22)21-27(4,23)24/h5-9H,1-4H3,(H,21,22). The summed E-state index contributed by atoms with van der Waals surface area (Å²) in [4.78, 5) is 15.9. The van der Waals surface area contributed by atoms with Gasteiger partial charge in [-0.1, -0.05) is 11.6 Å². The van der Waals surface area contributed by atoms with Crippen LogP contribution >= 0.6 is 11.6 Å². The first-order valence-corrected chi connectivity index (χ1v) is 10.1. The molecule has 1 N–H and O–H groups in total. The first kappa shape index (κ1) is 20.9. The van der Waals surface area contributed by atoms with Crippen LogP contribution in [0.5, 0.6) is 17.4 Å². The predicted molar refractivity (Wildman–Crippen MR) is 98.5 cm³/mol. The second-order valence-electron chi connectivity index (χ2n) is 6.03. The largest absolute Gasteiger partial charge is 0.474 e. The Labute approximate surface area is 161 Å². The van der Waals surface area contributed by atoms with Crippen molar-refractivity contribution in [3.8, 4) is 17.4 Å². The van der Waals surface area contributed by atoms with Crippen LogP contribution in [-0.4, -0.2) is 31.7 Å². The number of sulfonamides is 1. The van der Waals surface area contributed by atoms with Gasteiger partial charge in [0, 0.05) is 12.1 Å². The predicted octanol–water partition coefficient (Wildman–Crippen LogP) is 3.45. The molecule has 0 saturated carbocycles. The summed E-state index contributed by atoms with van der Waals surface area (Å²) in [6, 6.07) is 3.64. The van der Waals surface area contributed by atoms with Gasteiger partial charge in [-0.3, -0.25) is 4.79 Å². The normalized spacial score (nSPS) is 11.4. The van der Waals surface area contributed by atoms with Gasteiger partial charge in [0.25, 0.3) is 5.91 Å². The Morgan fingerprint density at radius 1 is 1.30 bits per heavy atom. The number of halogens is 2. The molecule has 0 aliphatic carbocycles. The summed E-state index contributed by atoms with van der Waals surface area (Å²) in [6.07, 6.45) is 2.06. The molecule has 1 amide bonds. The Hall–Kier alpha value is -2.39. The maximum atomic E-state index is 14.2. The van der Waals surface area contributed by atoms with E-state index in [-0.39, 0.29) is 28.5 Å². The van der Waals surface area contributed by atoms with E-state index >= 15 is 0 Å². The van der Waals surface area contributed by atoms with Crippen molar-refractivity contribution in [3.63, 3.8) is 0 Å². The number of hydrogen-bond acceptors (Lipinski definition) is 6. The fourth-order valence-electron chi connectivity index (χ4n) is 2.07. The molecule has 1 aromatic carbocycles. The third kappa shape index (κ3) is 5.80. The van der Waals surface area contributed by atoms with Crippen LogP contribution in [-0.2, 0) is 10.0 Å². The number of ether oxygens (including phenoxy) is 2. The van der Waals surface area contributed by atoms with E-state index in [2.05, 4.69) is 4.98 Å². The second kappa shape index (κ2) is 8.10. The fraction of sp³-hybridized carbons (Fsp3) is 0.294. The van der Waals surface area contributed by atoms with Gasteiger partial charge in [-0.15, -0.1) is 0 Å². The van der Waals surface area contributed by atoms with Crippen molar-refractivity contribution in [2.45, 2.75) is 26.9 Å². The second-order valence-corrected chi connectivity index (χ2v) is 8.18. The number of nitrogens with one attached hydrogen (secondary N) is 1. The molecular formula is C17H18ClFN2O5S. The van der Waals surface area contributed by atoms with E-state index in [1.165, 1.54) is 18.3 Å². The molecule has 7 nitrogen and oxygen atoms in total. The minimum absolute atomic E-state index is 0.108. The summed E-state index contributed by atoms with van der Waals surface area (Å²) in [5, 5.41) is 0.225. The van der Waals surface area contributed by atoms with Crippen molar-refractivity contribution in [2.75, 3.05) is 6.26 Å². The lowest BCUT2D eigenvalue weighted by atomic mass is 10.1. The van der Waals surface area contributed by atoms with Gasteiger partial charge in [0.15, 0.2) is 0 Å². The molecule has 27 heavy (non-hydrogen) atoms. The molecule has 1 heterocycles. The zero-order chi connectivity index (χ0) is 20.4. The van der Waals surface area contributed by atoms with Crippen LogP contribution in [0.3, 0.4) is 0 Å². The molecule has 2 rings (SSSR count). The van der Waals surface area contributed by atoms with Gasteiger partial charge in [0.05, 0.1) is 24.1 Å². The average Bonchev–Trinajstić information content (AvgIpc) is 2.51. The zero-order valence-corrected chi connectivity index (χ0v) is 16.6. The summed E-state index contributed by atoms with van der Waals surface area (Å²) in [7, 11) is -3.81. The lowest BCUT2D eigenvalue weighted by molar-refractivity contribution is 0.0977. The number of amides is 1. The molecule has 0 aliphatic heterocycles. The third-order valence-electron chi connectivity index (χ3n) is 3.14. The molecular weight excluding hydrogens is 399 g/mol. The molecule has 10 heteroatoms. The van der Waals surface area contributed by atoms with E-state index in [4.69, 9.17) is 21.1 Å². The van der Waals surface area contributed by atoms with Crippen molar-refractivity contribution in [2.24, 2.45) is 0 Å². The number of carbonyl (C=O) groups excluding carboxylic acids is 1. The van der Waals surface area contributed by atoms with E-state index in [0.29, 0.717) is 5.56 Å². The van der Waals surface area contributed by atoms with Crippen LogP contribution in [0, 0.1) is 12.7 Å². The molecule has 0 saturated heterocycles. The lowest BCUT2D eigenvalue weighted by Crippen LogP contribution is -2.30. The SMILES string of the molecule is Cc1cc(C(=O)NS(C)(=O)=O)c(F)cc1Oc1cnc(OC(C)C)c(Cl)c1. The number of aryl methyl sites for hydroxylation is 1. The monoisotopic (exact) mass is 416 g/mol. The van der Waals surface area contributed by atoms with Crippen molar-refractivity contribution >= 4 is 27.5 Å². The van der Waals surface area contributed by atoms with E-state index in [0.717, 1.165) is 12.3 Å². The van der Waals surface area contributed by atoms with Gasteiger partial charge in [-0.2, -0.15) is 0 Å². The maximum Gasteiger partial charge on any atom is 0.267 e. The Morgan fingerprint density at radius 2 is 1.96 bits per heavy atom. The number of carbonyl (C=O) groups is 1. The number of hydrogen-bond donors (Lipinski definition) is 1. The summed E-state index contributed by atoms with van der Waals surface area (Å²) in [6.45, 7) is 5.24. The van der Waals surface area contributed by atoms with Crippen molar-refractivity contribution < 1.29 is 27.1 Å². The zero-order valence-electron chi connectivity index (χ0n) is 15.0. The first-order valence-electron chi connectivity index (χ1n) is 7.78. The minimum Gasteiger partial charge on any atom is -0.474 e. The molecule has 0 spiro atoms. The molecule has 2 aromatic rings. The van der Waals surface area contributed by atoms with Crippen LogP contribution in [0.4, 0.5) is 4.39 Å². The molecule has 0 atom stereocenters. The van der Waals surface area contributed by atoms with Gasteiger partial charge in [-0.05, 0) is 32.4 Å². The lowest BCUT2D eigenvalue weighted by Gasteiger charge is -2.13. The van der Waals surface area contributed by atoms with Gasteiger partial charge in [0.1, 0.15) is 22.3 Å². The average molecular weight is 417 g/mol. The molecule has 1 aromatic heterocycles. The Balaban J connectivity index is 2.26. The van der Waals surface area contributed by atoms with Crippen LogP contribution in [0.2, 0.25) is 5.02 Å². The minimum atomic E-state index is -3.81. The number of rotatable bonds is 6. The Morgan fingerprint density at radius 3 is 2.52 bits per heavy atom. The van der Waals surface area contributed by atoms with Gasteiger partial charge >= 0.3 is 0 Å². The smallest absolute Gasteiger partial charge is 0.267 e. The third-order valence-corrected chi connectivity index (χ3v) is 3.97. The Kier molecular flexibility index (Phi) is 6.27. The van der Waals surface area contributed by atoms with E-state index < -0.39 is 27.3 Å². The quantitative estimate of drug-likeness (QED) is 0.775. The summed E-state index contributed by atoms with van der Waals surface area (Å²) >= 11 is 6.09. The molecule has 0 radical (unpaired) electrons. The van der Waals surface area contributed by atoms with Crippen molar-refractivity contribution in [1.82, 2.24) is 9.71 Å². The summed E-state index contributed by atoms with van der Waals surface area (Å²) < 4.78 is 49.2. The highest BCUT2D eigenvalue weighted by atomic mass is 35.5. The summed E-state index contributed by atoms with van der Waals surface area (Å²) in [5.74, 6) is -1.39. The van der Waals surface area contributed by atoms with Crippen LogP contribution in [0.1, 0.15) is 29.8 Å². The number of nitrogens with zero attached hydrogens (tertiary/aromatic N) is 1. The van der Waals surface area contributed by atoms with Gasteiger partial charge in [-0.25, -0.2) is 22.5 Å². The molecule has 0 aliphatic rings. The molecule has 0 bridgehead atoms. The molecule has 0 unspecified atom stereocenters. The van der Waals surface area contributed by atoms with Gasteiger partial charge < -0.3 is 9.47 Å². The maximum absolute atomic E-state index is 14.2. The number of pyridine rings is 1. The molecule has 0 fully saturated rings. The van der Waals surface area contributed by atoms with E-state index in [1.807, 2.05) is 13.8 Å². The van der Waals surface area contributed by atoms with Gasteiger partial charge in [0.2, 0.25) is 15.9 Å². The topological polar surface area (TPSA) is 94.6 Å². The number of aromatic nitrogens is 1. The van der Waals surface area contributed by atoms with E-state index in [9.17, 15) is 17.6 Å². The first-order chi connectivity index (χ1) is 12.5. The highest BCUT2D eigenvalue weighted by Crippen LogP contribution is 2.32. The summed E-state index contributed by atoms with van der Waals surface area (Å²) in [5.41, 5.74) is -0.00389.